The van der Waals surface area contributed by atoms with Crippen LogP contribution < -0.4 is 10.5 Å². The largest absolute Gasteiger partial charge is 0.438 e. The summed E-state index contributed by atoms with van der Waals surface area (Å²) in [5.41, 5.74) is 11.4. The van der Waals surface area contributed by atoms with E-state index >= 15 is 0 Å². The Balaban J connectivity index is 2.43. The van der Waals surface area contributed by atoms with Crippen molar-refractivity contribution in [2.24, 2.45) is 5.73 Å². The maximum Gasteiger partial charge on any atom is 0.222 e. The van der Waals surface area contributed by atoms with Crippen LogP contribution in [0.4, 0.5) is 0 Å². The van der Waals surface area contributed by atoms with Gasteiger partial charge in [-0.25, -0.2) is 4.98 Å². The van der Waals surface area contributed by atoms with Gasteiger partial charge in [-0.15, -0.1) is 0 Å². The van der Waals surface area contributed by atoms with Gasteiger partial charge in [0, 0.05) is 16.3 Å². The van der Waals surface area contributed by atoms with Crippen LogP contribution in [0.5, 0.6) is 11.6 Å². The lowest BCUT2D eigenvalue weighted by molar-refractivity contribution is 0.448. The minimum Gasteiger partial charge on any atom is -0.438 e. The Labute approximate surface area is 156 Å². The lowest BCUT2D eigenvalue weighted by Crippen LogP contribution is -2.15. The quantitative estimate of drug-likeness (QED) is 0.659. The minimum atomic E-state index is 0.344. The summed E-state index contributed by atoms with van der Waals surface area (Å²) in [6.07, 6.45) is 3.44. The molecular formula is C21H29ClN2O. The number of benzene rings is 1. The van der Waals surface area contributed by atoms with Crippen molar-refractivity contribution < 1.29 is 4.74 Å². The average Bonchev–Trinajstić information content (AvgIpc) is 2.55. The van der Waals surface area contributed by atoms with Crippen molar-refractivity contribution in [3.8, 4) is 11.6 Å². The molecule has 1 unspecified atom stereocenters. The predicted molar refractivity (Wildman–Crippen MR) is 106 cm³/mol. The molecule has 0 aliphatic carbocycles. The molecule has 1 atom stereocenters. The molecule has 25 heavy (non-hydrogen) atoms. The number of unbranched alkanes of at least 4 members (excludes halogenated alkanes) is 1. The van der Waals surface area contributed by atoms with E-state index in [-0.39, 0.29) is 0 Å². The molecule has 4 heteroatoms. The topological polar surface area (TPSA) is 48.1 Å². The minimum absolute atomic E-state index is 0.344. The van der Waals surface area contributed by atoms with Crippen molar-refractivity contribution in [2.75, 3.05) is 6.54 Å². The van der Waals surface area contributed by atoms with E-state index < -0.39 is 0 Å². The molecule has 3 nitrogen and oxygen atoms in total. The highest BCUT2D eigenvalue weighted by molar-refractivity contribution is 6.30. The zero-order valence-electron chi connectivity index (χ0n) is 15.9. The standard InChI is InChI=1S/C21H29ClN2O/c1-6-7-8-17(12-23)19-11-15(4)24-21(16(19)5)25-20-13(2)9-18(22)10-14(20)3/h9-11,17H,6-8,12,23H2,1-5H3. The van der Waals surface area contributed by atoms with E-state index in [1.54, 1.807) is 0 Å². The molecule has 0 fully saturated rings. The Morgan fingerprint density at radius 1 is 1.12 bits per heavy atom. The van der Waals surface area contributed by atoms with Crippen molar-refractivity contribution >= 4 is 11.6 Å². The third-order valence-electron chi connectivity index (χ3n) is 4.65. The number of pyridine rings is 1. The maximum absolute atomic E-state index is 6.24. The second-order valence-corrected chi connectivity index (χ2v) is 7.27. The Hall–Kier alpha value is -1.58. The van der Waals surface area contributed by atoms with Gasteiger partial charge in [-0.3, -0.25) is 0 Å². The van der Waals surface area contributed by atoms with E-state index in [9.17, 15) is 0 Å². The smallest absolute Gasteiger partial charge is 0.222 e. The fourth-order valence-electron chi connectivity index (χ4n) is 3.26. The SMILES string of the molecule is CCCCC(CN)c1cc(C)nc(Oc2c(C)cc(Cl)cc2C)c1C. The molecule has 0 saturated heterocycles. The van der Waals surface area contributed by atoms with E-state index in [1.807, 2.05) is 32.9 Å². The summed E-state index contributed by atoms with van der Waals surface area (Å²) < 4.78 is 6.24. The van der Waals surface area contributed by atoms with Gasteiger partial charge >= 0.3 is 0 Å². The highest BCUT2D eigenvalue weighted by Gasteiger charge is 2.18. The first-order valence-electron chi connectivity index (χ1n) is 9.00. The zero-order valence-corrected chi connectivity index (χ0v) is 16.7. The van der Waals surface area contributed by atoms with Crippen molar-refractivity contribution in [1.29, 1.82) is 0 Å². The van der Waals surface area contributed by atoms with Crippen LogP contribution >= 0.6 is 11.6 Å². The van der Waals surface area contributed by atoms with Crippen LogP contribution in [0, 0.1) is 27.7 Å². The van der Waals surface area contributed by atoms with E-state index in [0.29, 0.717) is 18.3 Å². The zero-order chi connectivity index (χ0) is 18.6. The van der Waals surface area contributed by atoms with Gasteiger partial charge in [-0.05, 0) is 81.5 Å². The lowest BCUT2D eigenvalue weighted by Gasteiger charge is -2.21. The monoisotopic (exact) mass is 360 g/mol. The Morgan fingerprint density at radius 3 is 2.32 bits per heavy atom. The number of aryl methyl sites for hydroxylation is 3. The van der Waals surface area contributed by atoms with Gasteiger partial charge in [0.15, 0.2) is 0 Å². The van der Waals surface area contributed by atoms with Gasteiger partial charge in [-0.2, -0.15) is 0 Å². The van der Waals surface area contributed by atoms with E-state index in [1.165, 1.54) is 18.4 Å². The average molecular weight is 361 g/mol. The summed E-state index contributed by atoms with van der Waals surface area (Å²) in [6, 6.07) is 5.98. The molecule has 0 amide bonds. The molecule has 1 aromatic carbocycles. The van der Waals surface area contributed by atoms with Crippen LogP contribution in [0.1, 0.15) is 60.1 Å². The highest BCUT2D eigenvalue weighted by atomic mass is 35.5. The highest BCUT2D eigenvalue weighted by Crippen LogP contribution is 2.35. The van der Waals surface area contributed by atoms with Gasteiger partial charge in [-0.1, -0.05) is 31.4 Å². The molecule has 2 rings (SSSR count). The van der Waals surface area contributed by atoms with Gasteiger partial charge in [0.05, 0.1) is 0 Å². The summed E-state index contributed by atoms with van der Waals surface area (Å²) in [7, 11) is 0. The van der Waals surface area contributed by atoms with Crippen LogP contribution in [0.2, 0.25) is 5.02 Å². The first-order valence-corrected chi connectivity index (χ1v) is 9.37. The van der Waals surface area contributed by atoms with Gasteiger partial charge in [0.1, 0.15) is 5.75 Å². The molecule has 2 N–H and O–H groups in total. The van der Waals surface area contributed by atoms with Crippen molar-refractivity contribution in [3.63, 3.8) is 0 Å². The Bertz CT molecular complexity index is 720. The first kappa shape index (κ1) is 19.7. The summed E-state index contributed by atoms with van der Waals surface area (Å²) in [5.74, 6) is 1.84. The van der Waals surface area contributed by atoms with Crippen molar-refractivity contribution in [1.82, 2.24) is 4.98 Å². The van der Waals surface area contributed by atoms with E-state index in [4.69, 9.17) is 22.1 Å². The molecule has 136 valence electrons. The summed E-state index contributed by atoms with van der Waals surface area (Å²) in [5, 5.41) is 0.722. The van der Waals surface area contributed by atoms with Crippen LogP contribution in [0.3, 0.4) is 0 Å². The number of nitrogens with two attached hydrogens (primary N) is 1. The Kier molecular flexibility index (Phi) is 6.86. The van der Waals surface area contributed by atoms with Crippen LogP contribution in [-0.4, -0.2) is 11.5 Å². The third-order valence-corrected chi connectivity index (χ3v) is 4.87. The molecule has 0 spiro atoms. The second-order valence-electron chi connectivity index (χ2n) is 6.83. The molecule has 0 radical (unpaired) electrons. The number of ether oxygens (including phenoxy) is 1. The van der Waals surface area contributed by atoms with Gasteiger partial charge < -0.3 is 10.5 Å². The molecule has 0 saturated carbocycles. The Morgan fingerprint density at radius 2 is 1.76 bits per heavy atom. The number of halogens is 1. The van der Waals surface area contributed by atoms with Gasteiger partial charge in [0.2, 0.25) is 5.88 Å². The van der Waals surface area contributed by atoms with Crippen molar-refractivity contribution in [2.45, 2.75) is 59.8 Å². The molecule has 0 aliphatic rings. The number of rotatable bonds is 7. The second kappa shape index (κ2) is 8.68. The summed E-state index contributed by atoms with van der Waals surface area (Å²) in [6.45, 7) is 10.9. The summed E-state index contributed by atoms with van der Waals surface area (Å²) in [4.78, 5) is 4.63. The first-order chi connectivity index (χ1) is 11.9. The summed E-state index contributed by atoms with van der Waals surface area (Å²) >= 11 is 6.13. The van der Waals surface area contributed by atoms with Crippen LogP contribution in [-0.2, 0) is 0 Å². The van der Waals surface area contributed by atoms with Gasteiger partial charge in [0.25, 0.3) is 0 Å². The fourth-order valence-corrected chi connectivity index (χ4v) is 3.59. The number of hydrogen-bond acceptors (Lipinski definition) is 3. The number of hydrogen-bond donors (Lipinski definition) is 1. The molecule has 1 aromatic heterocycles. The molecule has 1 heterocycles. The van der Waals surface area contributed by atoms with Crippen molar-refractivity contribution in [3.05, 3.63) is 51.2 Å². The molecule has 2 aromatic rings. The van der Waals surface area contributed by atoms with E-state index in [2.05, 4.69) is 24.9 Å². The maximum atomic E-state index is 6.24. The van der Waals surface area contributed by atoms with Crippen LogP contribution in [0.15, 0.2) is 18.2 Å². The third kappa shape index (κ3) is 4.74. The van der Waals surface area contributed by atoms with E-state index in [0.717, 1.165) is 39.6 Å². The number of aromatic nitrogens is 1. The number of nitrogens with zero attached hydrogens (tertiary/aromatic N) is 1. The fraction of sp³-hybridized carbons (Fsp3) is 0.476. The van der Waals surface area contributed by atoms with Crippen LogP contribution in [0.25, 0.3) is 0 Å². The molecule has 0 aliphatic heterocycles. The molecule has 0 bridgehead atoms. The lowest BCUT2D eigenvalue weighted by atomic mass is 9.90. The normalized spacial score (nSPS) is 12.3. The predicted octanol–water partition coefficient (Wildman–Crippen LogP) is 5.99. The molecular weight excluding hydrogens is 332 g/mol.